The SMILES string of the molecule is CC[C@@]1(c2ccc(Oc3ccccc3)cc2)C=C(Br)NO1. The Labute approximate surface area is 132 Å². The predicted octanol–water partition coefficient (Wildman–Crippen LogP) is 4.86. The molecule has 108 valence electrons. The minimum absolute atomic E-state index is 0.426. The van der Waals surface area contributed by atoms with E-state index in [-0.39, 0.29) is 0 Å². The fourth-order valence-electron chi connectivity index (χ4n) is 2.35. The molecule has 1 aliphatic rings. The lowest BCUT2D eigenvalue weighted by Crippen LogP contribution is -2.26. The van der Waals surface area contributed by atoms with E-state index in [1.807, 2.05) is 60.7 Å². The van der Waals surface area contributed by atoms with Crippen molar-refractivity contribution in [2.75, 3.05) is 0 Å². The second-order valence-electron chi connectivity index (χ2n) is 4.88. The summed E-state index contributed by atoms with van der Waals surface area (Å²) >= 11 is 3.41. The maximum Gasteiger partial charge on any atom is 0.142 e. The Morgan fingerprint density at radius 2 is 1.71 bits per heavy atom. The molecule has 0 aliphatic carbocycles. The van der Waals surface area contributed by atoms with Gasteiger partial charge in [0.05, 0.1) is 0 Å². The Hall–Kier alpha value is -1.78. The van der Waals surface area contributed by atoms with Gasteiger partial charge in [-0.3, -0.25) is 10.3 Å². The van der Waals surface area contributed by atoms with Gasteiger partial charge in [0, 0.05) is 0 Å². The molecule has 3 rings (SSSR count). The Bertz CT molecular complexity index is 640. The van der Waals surface area contributed by atoms with Gasteiger partial charge in [-0.25, -0.2) is 0 Å². The molecule has 0 spiro atoms. The largest absolute Gasteiger partial charge is 0.457 e. The number of hydrogen-bond donors (Lipinski definition) is 1. The number of benzene rings is 2. The molecule has 1 atom stereocenters. The van der Waals surface area contributed by atoms with E-state index in [9.17, 15) is 0 Å². The summed E-state index contributed by atoms with van der Waals surface area (Å²) < 4.78 is 6.66. The van der Waals surface area contributed by atoms with Gasteiger partial charge >= 0.3 is 0 Å². The predicted molar refractivity (Wildman–Crippen MR) is 86.2 cm³/mol. The van der Waals surface area contributed by atoms with Crippen LogP contribution in [0.15, 0.2) is 65.3 Å². The number of hydroxylamine groups is 1. The first-order valence-corrected chi connectivity index (χ1v) is 7.67. The van der Waals surface area contributed by atoms with Crippen LogP contribution in [0.4, 0.5) is 0 Å². The van der Waals surface area contributed by atoms with Crippen LogP contribution in [0, 0.1) is 0 Å². The van der Waals surface area contributed by atoms with Gasteiger partial charge in [0.1, 0.15) is 21.7 Å². The molecular weight excluding hydrogens is 330 g/mol. The Morgan fingerprint density at radius 3 is 2.29 bits per heavy atom. The zero-order valence-corrected chi connectivity index (χ0v) is 13.3. The molecule has 2 aromatic rings. The van der Waals surface area contributed by atoms with E-state index in [2.05, 4.69) is 28.3 Å². The van der Waals surface area contributed by atoms with E-state index in [1.54, 1.807) is 0 Å². The molecule has 3 nitrogen and oxygen atoms in total. The van der Waals surface area contributed by atoms with Crippen LogP contribution >= 0.6 is 15.9 Å². The summed E-state index contributed by atoms with van der Waals surface area (Å²) in [5.41, 5.74) is 3.52. The van der Waals surface area contributed by atoms with Gasteiger partial charge in [-0.2, -0.15) is 0 Å². The van der Waals surface area contributed by atoms with Crippen molar-refractivity contribution in [3.05, 3.63) is 70.8 Å². The molecule has 1 aliphatic heterocycles. The molecule has 4 heteroatoms. The lowest BCUT2D eigenvalue weighted by Gasteiger charge is -2.24. The first-order valence-electron chi connectivity index (χ1n) is 6.88. The van der Waals surface area contributed by atoms with Crippen molar-refractivity contribution >= 4 is 15.9 Å². The van der Waals surface area contributed by atoms with Crippen molar-refractivity contribution in [1.82, 2.24) is 5.48 Å². The molecule has 1 N–H and O–H groups in total. The van der Waals surface area contributed by atoms with E-state index in [0.717, 1.165) is 28.1 Å². The highest BCUT2D eigenvalue weighted by Crippen LogP contribution is 2.37. The molecule has 0 saturated carbocycles. The van der Waals surface area contributed by atoms with E-state index in [4.69, 9.17) is 9.57 Å². The molecule has 0 bridgehead atoms. The number of rotatable bonds is 4. The second-order valence-corrected chi connectivity index (χ2v) is 5.73. The van der Waals surface area contributed by atoms with Crippen molar-refractivity contribution in [3.63, 3.8) is 0 Å². The quantitative estimate of drug-likeness (QED) is 0.803. The molecule has 21 heavy (non-hydrogen) atoms. The molecular formula is C17H16BrNO2. The van der Waals surface area contributed by atoms with Crippen LogP contribution in [-0.2, 0) is 10.4 Å². The van der Waals surface area contributed by atoms with Crippen molar-refractivity contribution in [1.29, 1.82) is 0 Å². The smallest absolute Gasteiger partial charge is 0.142 e. The van der Waals surface area contributed by atoms with Crippen LogP contribution in [0.5, 0.6) is 11.5 Å². The Balaban J connectivity index is 1.81. The number of halogens is 1. The highest BCUT2D eigenvalue weighted by molar-refractivity contribution is 9.11. The average molecular weight is 346 g/mol. The van der Waals surface area contributed by atoms with E-state index < -0.39 is 5.60 Å². The Kier molecular flexibility index (Phi) is 3.99. The fourth-order valence-corrected chi connectivity index (χ4v) is 2.80. The number of nitrogens with one attached hydrogen (secondary N) is 1. The lowest BCUT2D eigenvalue weighted by atomic mass is 9.91. The third kappa shape index (κ3) is 2.96. The summed E-state index contributed by atoms with van der Waals surface area (Å²) in [6.07, 6.45) is 2.88. The molecule has 0 unspecified atom stereocenters. The monoisotopic (exact) mass is 345 g/mol. The van der Waals surface area contributed by atoms with Gasteiger partial charge < -0.3 is 4.74 Å². The van der Waals surface area contributed by atoms with Gasteiger partial charge in [0.2, 0.25) is 0 Å². The molecule has 1 heterocycles. The summed E-state index contributed by atoms with van der Waals surface area (Å²) in [6, 6.07) is 17.7. The summed E-state index contributed by atoms with van der Waals surface area (Å²) in [7, 11) is 0. The minimum atomic E-state index is -0.426. The van der Waals surface area contributed by atoms with Crippen molar-refractivity contribution in [2.45, 2.75) is 18.9 Å². The summed E-state index contributed by atoms with van der Waals surface area (Å²) in [5.74, 6) is 1.64. The maximum atomic E-state index is 5.80. The van der Waals surface area contributed by atoms with E-state index >= 15 is 0 Å². The normalized spacial score (nSPS) is 20.8. The number of hydrogen-bond acceptors (Lipinski definition) is 3. The van der Waals surface area contributed by atoms with Gasteiger partial charge in [-0.15, -0.1) is 0 Å². The van der Waals surface area contributed by atoms with Crippen molar-refractivity contribution in [2.24, 2.45) is 0 Å². The topological polar surface area (TPSA) is 30.5 Å². The highest BCUT2D eigenvalue weighted by atomic mass is 79.9. The molecule has 2 aromatic carbocycles. The highest BCUT2D eigenvalue weighted by Gasteiger charge is 2.34. The Morgan fingerprint density at radius 1 is 1.05 bits per heavy atom. The van der Waals surface area contributed by atoms with Crippen molar-refractivity contribution in [3.8, 4) is 11.5 Å². The molecule has 0 radical (unpaired) electrons. The summed E-state index contributed by atoms with van der Waals surface area (Å²) in [5, 5.41) is 0. The standard InChI is InChI=1S/C17H16BrNO2/c1-2-17(12-16(18)19-21-17)13-8-10-15(11-9-13)20-14-6-4-3-5-7-14/h3-12,19H,2H2,1H3/t17-/m0/s1. The maximum absolute atomic E-state index is 5.80. The van der Waals surface area contributed by atoms with Gasteiger partial charge in [-0.1, -0.05) is 37.3 Å². The third-order valence-electron chi connectivity index (χ3n) is 3.54. The fraction of sp³-hybridized carbons (Fsp3) is 0.176. The minimum Gasteiger partial charge on any atom is -0.457 e. The van der Waals surface area contributed by atoms with Gasteiger partial charge in [0.15, 0.2) is 0 Å². The van der Waals surface area contributed by atoms with Crippen LogP contribution in [0.25, 0.3) is 0 Å². The van der Waals surface area contributed by atoms with E-state index in [0.29, 0.717) is 0 Å². The van der Waals surface area contributed by atoms with Crippen LogP contribution in [0.3, 0.4) is 0 Å². The van der Waals surface area contributed by atoms with Crippen LogP contribution in [0.1, 0.15) is 18.9 Å². The van der Waals surface area contributed by atoms with Gasteiger partial charge in [-0.05, 0) is 58.3 Å². The zero-order valence-electron chi connectivity index (χ0n) is 11.7. The van der Waals surface area contributed by atoms with Crippen LogP contribution in [0.2, 0.25) is 0 Å². The summed E-state index contributed by atoms with van der Waals surface area (Å²) in [6.45, 7) is 2.10. The second kappa shape index (κ2) is 5.92. The summed E-state index contributed by atoms with van der Waals surface area (Å²) in [4.78, 5) is 5.72. The van der Waals surface area contributed by atoms with Crippen LogP contribution < -0.4 is 10.2 Å². The number of ether oxygens (including phenoxy) is 1. The zero-order chi connectivity index (χ0) is 14.7. The van der Waals surface area contributed by atoms with Crippen LogP contribution in [-0.4, -0.2) is 0 Å². The molecule has 0 aromatic heterocycles. The van der Waals surface area contributed by atoms with Crippen molar-refractivity contribution < 1.29 is 9.57 Å². The third-order valence-corrected chi connectivity index (χ3v) is 3.93. The molecule has 0 fully saturated rings. The molecule has 0 saturated heterocycles. The number of para-hydroxylation sites is 1. The first-order chi connectivity index (χ1) is 10.2. The first kappa shape index (κ1) is 14.2. The average Bonchev–Trinajstić information content (AvgIpc) is 2.92. The van der Waals surface area contributed by atoms with E-state index in [1.165, 1.54) is 0 Å². The molecule has 0 amide bonds. The van der Waals surface area contributed by atoms with Gasteiger partial charge in [0.25, 0.3) is 0 Å². The lowest BCUT2D eigenvalue weighted by molar-refractivity contribution is -0.0442.